The Bertz CT molecular complexity index is 4470. The number of benzene rings is 8. The molecule has 21 nitrogen and oxygen atoms in total. The molecular weight excluding hydrogens is 1270 g/mol. The van der Waals surface area contributed by atoms with Crippen molar-refractivity contribution in [3.8, 4) is 44.5 Å². The molecule has 6 N–H and O–H groups in total. The van der Waals surface area contributed by atoms with Gasteiger partial charge in [0.05, 0.1) is 53.8 Å². The Morgan fingerprint density at radius 3 is 0.930 bits per heavy atom. The van der Waals surface area contributed by atoms with Crippen LogP contribution in [0.1, 0.15) is 130 Å². The first kappa shape index (κ1) is 72.7. The molecule has 100 heavy (non-hydrogen) atoms. The number of aliphatic hydroxyl groups is 3. The lowest BCUT2D eigenvalue weighted by Gasteiger charge is -2.36. The SMILES string of the molecule is CCOC(=O)c1cc(C(=O)N2CC(O)C2)cc(-c2ccc(C)cc2)c1.CCOC(=O)c1cc(C(=O)O)cc(-c2ccc(C)cc2)c1.Cc1ccc(-c2cc(C(=O)NCc3cnc(C)nc3)cc(C(=O)N3CC(O)C3)c2)cc1.Cc1ccc(-c2cc(C(=O)O)cc(C(=O)N3CC(O)C3)c2)cc1. The number of amides is 4. The predicted molar refractivity (Wildman–Crippen MR) is 376 cm³/mol. The van der Waals surface area contributed by atoms with Crippen molar-refractivity contribution in [1.29, 1.82) is 0 Å². The zero-order valence-electron chi connectivity index (χ0n) is 56.5. The van der Waals surface area contributed by atoms with E-state index in [9.17, 15) is 63.9 Å². The fourth-order valence-electron chi connectivity index (χ4n) is 10.8. The summed E-state index contributed by atoms with van der Waals surface area (Å²) in [6, 6.07) is 50.6. The molecule has 0 saturated carbocycles. The van der Waals surface area contributed by atoms with Crippen molar-refractivity contribution >= 4 is 47.5 Å². The molecule has 1 aromatic heterocycles. The molecule has 3 fully saturated rings. The van der Waals surface area contributed by atoms with Crippen LogP contribution in [0.4, 0.5) is 0 Å². The van der Waals surface area contributed by atoms with E-state index in [1.165, 1.54) is 17.0 Å². The van der Waals surface area contributed by atoms with Gasteiger partial charge in [-0.3, -0.25) is 19.2 Å². The highest BCUT2D eigenvalue weighted by Gasteiger charge is 2.33. The number of nitrogens with one attached hydrogen (secondary N) is 1. The summed E-state index contributed by atoms with van der Waals surface area (Å²) in [4.78, 5) is 110. The Hall–Kier alpha value is -11.5. The Labute approximate surface area is 579 Å². The molecule has 0 atom stereocenters. The Morgan fingerprint density at radius 2 is 0.640 bits per heavy atom. The summed E-state index contributed by atoms with van der Waals surface area (Å²) in [7, 11) is 0. The Balaban J connectivity index is 0.000000157. The third kappa shape index (κ3) is 19.2. The molecule has 21 heteroatoms. The van der Waals surface area contributed by atoms with E-state index in [1.54, 1.807) is 104 Å². The molecule has 4 heterocycles. The van der Waals surface area contributed by atoms with Crippen LogP contribution in [0, 0.1) is 34.6 Å². The first-order valence-corrected chi connectivity index (χ1v) is 32.5. The van der Waals surface area contributed by atoms with Crippen molar-refractivity contribution in [3.05, 3.63) is 260 Å². The minimum Gasteiger partial charge on any atom is -0.478 e. The van der Waals surface area contributed by atoms with Crippen LogP contribution in [0.5, 0.6) is 0 Å². The zero-order chi connectivity index (χ0) is 71.9. The number of aryl methyl sites for hydroxylation is 5. The molecule has 514 valence electrons. The van der Waals surface area contributed by atoms with Crippen molar-refractivity contribution < 1.29 is 73.4 Å². The lowest BCUT2D eigenvalue weighted by molar-refractivity contribution is 0.00586. The number of β-amino-alcohol motifs (C(OH)–C–C–N with tert-alkyl or cyclic N) is 3. The number of rotatable bonds is 16. The van der Waals surface area contributed by atoms with E-state index in [0.29, 0.717) is 70.9 Å². The number of carboxylic acid groups (broad SMARTS) is 2. The third-order valence-corrected chi connectivity index (χ3v) is 16.5. The van der Waals surface area contributed by atoms with E-state index in [-0.39, 0.29) is 73.2 Å². The number of ether oxygens (including phenoxy) is 2. The summed E-state index contributed by atoms with van der Waals surface area (Å²) in [6.45, 7) is 15.9. The first-order valence-electron chi connectivity index (χ1n) is 32.5. The number of esters is 2. The van der Waals surface area contributed by atoms with Gasteiger partial charge < -0.3 is 55.0 Å². The van der Waals surface area contributed by atoms with E-state index in [1.807, 2.05) is 125 Å². The maximum absolute atomic E-state index is 12.9. The van der Waals surface area contributed by atoms with Crippen LogP contribution in [-0.4, -0.2) is 169 Å². The second-order valence-corrected chi connectivity index (χ2v) is 24.6. The average molecular weight is 1350 g/mol. The highest BCUT2D eigenvalue weighted by atomic mass is 16.5. The number of carbonyl (C=O) groups is 8. The van der Waals surface area contributed by atoms with Gasteiger partial charge in [0, 0.05) is 86.0 Å². The molecule has 8 aromatic carbocycles. The number of hydrogen-bond acceptors (Lipinski definition) is 15. The zero-order valence-corrected chi connectivity index (χ0v) is 56.5. The van der Waals surface area contributed by atoms with Gasteiger partial charge in [0.1, 0.15) is 5.82 Å². The van der Waals surface area contributed by atoms with E-state index >= 15 is 0 Å². The van der Waals surface area contributed by atoms with Gasteiger partial charge in [0.2, 0.25) is 0 Å². The molecule has 4 amide bonds. The van der Waals surface area contributed by atoms with Crippen molar-refractivity contribution in [2.24, 2.45) is 0 Å². The van der Waals surface area contributed by atoms with Crippen LogP contribution in [0.3, 0.4) is 0 Å². The monoisotopic (exact) mass is 1350 g/mol. The van der Waals surface area contributed by atoms with Gasteiger partial charge in [0.15, 0.2) is 0 Å². The number of nitrogens with zero attached hydrogens (tertiary/aromatic N) is 5. The number of carboxylic acids is 2. The average Bonchev–Trinajstić information content (AvgIpc) is 0.817. The van der Waals surface area contributed by atoms with Crippen LogP contribution in [0.2, 0.25) is 0 Å². The number of aromatic nitrogens is 2. The molecule has 3 saturated heterocycles. The highest BCUT2D eigenvalue weighted by molar-refractivity contribution is 6.03. The van der Waals surface area contributed by atoms with Crippen LogP contribution < -0.4 is 5.32 Å². The number of hydrogen-bond donors (Lipinski definition) is 6. The number of carbonyl (C=O) groups excluding carboxylic acids is 6. The predicted octanol–water partition coefficient (Wildman–Crippen LogP) is 10.9. The third-order valence-electron chi connectivity index (χ3n) is 16.5. The second-order valence-electron chi connectivity index (χ2n) is 24.6. The Morgan fingerprint density at radius 1 is 0.380 bits per heavy atom. The molecule has 3 aliphatic rings. The summed E-state index contributed by atoms with van der Waals surface area (Å²) in [6.07, 6.45) is 1.92. The van der Waals surface area contributed by atoms with E-state index in [2.05, 4.69) is 15.3 Å². The van der Waals surface area contributed by atoms with Crippen LogP contribution in [-0.2, 0) is 16.0 Å². The summed E-state index contributed by atoms with van der Waals surface area (Å²) in [5.74, 6) is -3.38. The van der Waals surface area contributed by atoms with Crippen molar-refractivity contribution in [3.63, 3.8) is 0 Å². The number of likely N-dealkylation sites (tertiary alicyclic amines) is 3. The smallest absolute Gasteiger partial charge is 0.338 e. The van der Waals surface area contributed by atoms with Crippen molar-refractivity contribution in [2.75, 3.05) is 52.5 Å². The van der Waals surface area contributed by atoms with Gasteiger partial charge in [-0.05, 0) is 166 Å². The molecule has 12 rings (SSSR count). The first-order chi connectivity index (χ1) is 47.8. The normalized spacial score (nSPS) is 13.2. The summed E-state index contributed by atoms with van der Waals surface area (Å²) in [5, 5.41) is 49.6. The number of aromatic carboxylic acids is 2. The van der Waals surface area contributed by atoms with Crippen molar-refractivity contribution in [1.82, 2.24) is 30.0 Å². The largest absolute Gasteiger partial charge is 0.478 e. The molecule has 9 aromatic rings. The lowest BCUT2D eigenvalue weighted by Crippen LogP contribution is -2.53. The maximum Gasteiger partial charge on any atom is 0.338 e. The minimum atomic E-state index is -1.07. The van der Waals surface area contributed by atoms with E-state index in [0.717, 1.165) is 61.2 Å². The van der Waals surface area contributed by atoms with Gasteiger partial charge >= 0.3 is 23.9 Å². The van der Waals surface area contributed by atoms with Gasteiger partial charge in [-0.15, -0.1) is 0 Å². The van der Waals surface area contributed by atoms with Gasteiger partial charge in [-0.2, -0.15) is 0 Å². The van der Waals surface area contributed by atoms with Crippen LogP contribution in [0.15, 0.2) is 182 Å². The molecule has 0 unspecified atom stereocenters. The molecule has 3 aliphatic heterocycles. The summed E-state index contributed by atoms with van der Waals surface area (Å²) < 4.78 is 10.0. The summed E-state index contributed by atoms with van der Waals surface area (Å²) in [5.41, 5.74) is 14.1. The minimum absolute atomic E-state index is 0.0659. The molecule has 0 bridgehead atoms. The molecule has 0 spiro atoms. The highest BCUT2D eigenvalue weighted by Crippen LogP contribution is 2.30. The molecule has 0 aliphatic carbocycles. The Kier molecular flexibility index (Phi) is 24.1. The van der Waals surface area contributed by atoms with Gasteiger partial charge in [-0.25, -0.2) is 29.1 Å². The summed E-state index contributed by atoms with van der Waals surface area (Å²) >= 11 is 0. The van der Waals surface area contributed by atoms with E-state index < -0.39 is 42.2 Å². The fraction of sp³-hybridized carbons (Fsp3) is 0.241. The molecule has 0 radical (unpaired) electrons. The lowest BCUT2D eigenvalue weighted by atomic mass is 9.97. The van der Waals surface area contributed by atoms with Crippen molar-refractivity contribution in [2.45, 2.75) is 73.3 Å². The standard InChI is InChI=1S/C24H24N4O3.C20H21NO4.C18H17NO4.C17H16O4/c1-15-3-5-18(6-4-15)19-7-20(9-21(8-19)24(31)28-13-22(29)14-28)23(30)27-12-17-10-25-16(2)26-11-17;1-3-25-20(24)17-9-15(14-6-4-13(2)5-7-14)8-16(10-17)19(23)21-11-18(22)12-21;1-11-2-4-12(5-3-11)13-6-14(8-15(7-13)18(22)23)17(21)19-9-16(20)10-19;1-3-21-17(20)15-9-13(8-14(10-15)16(18)19)12-6-4-11(2)5-7-12/h3-11,22,29H,12-14H2,1-2H3,(H,27,30);4-10,18,22H,3,11-12H2,1-2H3;2-8,16,20H,9-10H2,1H3,(H,22,23);4-10H,3H2,1-2H3,(H,18,19). The van der Waals surface area contributed by atoms with E-state index in [4.69, 9.17) is 9.47 Å². The van der Waals surface area contributed by atoms with Crippen LogP contribution >= 0.6 is 0 Å². The van der Waals surface area contributed by atoms with Gasteiger partial charge in [0.25, 0.3) is 23.6 Å². The van der Waals surface area contributed by atoms with Crippen LogP contribution in [0.25, 0.3) is 44.5 Å². The quantitative estimate of drug-likeness (QED) is 0.0490. The maximum atomic E-state index is 12.9. The molecular formula is C79H78N6O15. The van der Waals surface area contributed by atoms with Gasteiger partial charge in [-0.1, -0.05) is 119 Å². The fourth-order valence-corrected chi connectivity index (χ4v) is 10.8. The topological polar surface area (TPSA) is 304 Å². The second kappa shape index (κ2) is 33.2. The number of aliphatic hydroxyl groups excluding tert-OH is 3.